The molecule has 0 aromatic rings. The molecule has 28 heavy (non-hydrogen) atoms. The van der Waals surface area contributed by atoms with Gasteiger partial charge in [-0.25, -0.2) is 4.57 Å². The Kier molecular flexibility index (Phi) is 15.5. The molecule has 0 aromatic carbocycles. The van der Waals surface area contributed by atoms with Crippen LogP contribution in [0, 0.1) is 0 Å². The number of aliphatic hydroxyl groups excluding tert-OH is 1. The van der Waals surface area contributed by atoms with Crippen LogP contribution in [0.5, 0.6) is 0 Å². The van der Waals surface area contributed by atoms with Gasteiger partial charge in [-0.05, 0) is 12.8 Å². The van der Waals surface area contributed by atoms with Crippen LogP contribution in [0.1, 0.15) is 84.0 Å². The predicted octanol–water partition coefficient (Wildman–Crippen LogP) is 4.79. The standard InChI is InChI=1S/C21H44NO5P/c1-5-6-7-8-9-10-11-12-13-14-15-16-17-18-21(23)20(22(2,3)4)19-27-28(24,25)26/h17-18,20-21,23H,5-16,19H2,1-4H3,(H-,24,25,26)/p+1. The summed E-state index contributed by atoms with van der Waals surface area (Å²) in [7, 11) is 1.07. The van der Waals surface area contributed by atoms with Gasteiger partial charge in [0.05, 0.1) is 21.1 Å². The van der Waals surface area contributed by atoms with Gasteiger partial charge in [-0.1, -0.05) is 83.3 Å². The van der Waals surface area contributed by atoms with Crippen molar-refractivity contribution in [1.82, 2.24) is 0 Å². The van der Waals surface area contributed by atoms with Gasteiger partial charge in [0.25, 0.3) is 0 Å². The molecule has 0 aliphatic carbocycles. The third-order valence-corrected chi connectivity index (χ3v) is 5.60. The smallest absolute Gasteiger partial charge is 0.383 e. The fourth-order valence-corrected chi connectivity index (χ4v) is 3.59. The Morgan fingerprint density at radius 3 is 1.79 bits per heavy atom. The van der Waals surface area contributed by atoms with Crippen LogP contribution < -0.4 is 0 Å². The Labute approximate surface area is 172 Å². The van der Waals surface area contributed by atoms with Crippen molar-refractivity contribution in [3.8, 4) is 0 Å². The Balaban J connectivity index is 3.89. The second-order valence-electron chi connectivity index (χ2n) is 8.71. The number of nitrogens with zero attached hydrogens (tertiary/aromatic N) is 1. The maximum atomic E-state index is 10.9. The van der Waals surface area contributed by atoms with E-state index in [1.54, 1.807) is 6.08 Å². The van der Waals surface area contributed by atoms with E-state index in [1.165, 1.54) is 64.2 Å². The molecule has 0 saturated carbocycles. The first-order chi connectivity index (χ1) is 13.1. The van der Waals surface area contributed by atoms with Gasteiger partial charge in [0.15, 0.2) is 0 Å². The number of unbranched alkanes of at least 4 members (excludes halogenated alkanes) is 11. The Morgan fingerprint density at radius 2 is 1.36 bits per heavy atom. The van der Waals surface area contributed by atoms with Crippen LogP contribution >= 0.6 is 7.82 Å². The van der Waals surface area contributed by atoms with E-state index in [9.17, 15) is 9.67 Å². The van der Waals surface area contributed by atoms with Crippen molar-refractivity contribution in [2.45, 2.75) is 96.1 Å². The third kappa shape index (κ3) is 16.7. The van der Waals surface area contributed by atoms with E-state index in [0.717, 1.165) is 12.8 Å². The van der Waals surface area contributed by atoms with Gasteiger partial charge >= 0.3 is 7.82 Å². The molecule has 0 bridgehead atoms. The first-order valence-electron chi connectivity index (χ1n) is 10.9. The van der Waals surface area contributed by atoms with Crippen molar-refractivity contribution in [3.05, 3.63) is 12.2 Å². The van der Waals surface area contributed by atoms with E-state index < -0.39 is 20.0 Å². The first kappa shape index (κ1) is 27.8. The molecule has 0 aromatic heterocycles. The lowest BCUT2D eigenvalue weighted by Gasteiger charge is -2.35. The molecule has 168 valence electrons. The van der Waals surface area contributed by atoms with Crippen LogP contribution in [0.4, 0.5) is 0 Å². The minimum Gasteiger partial charge on any atom is -0.383 e. The summed E-state index contributed by atoms with van der Waals surface area (Å²) >= 11 is 0. The molecule has 0 radical (unpaired) electrons. The molecule has 0 heterocycles. The largest absolute Gasteiger partial charge is 0.469 e. The van der Waals surface area contributed by atoms with Crippen molar-refractivity contribution < 1.29 is 28.5 Å². The molecule has 0 aliphatic heterocycles. The molecule has 6 nitrogen and oxygen atoms in total. The lowest BCUT2D eigenvalue weighted by molar-refractivity contribution is -0.899. The molecule has 3 N–H and O–H groups in total. The van der Waals surface area contributed by atoms with Crippen LogP contribution in [0.15, 0.2) is 12.2 Å². The van der Waals surface area contributed by atoms with Gasteiger partial charge in [0, 0.05) is 0 Å². The number of hydrogen-bond acceptors (Lipinski definition) is 3. The van der Waals surface area contributed by atoms with Crippen LogP contribution in [0.25, 0.3) is 0 Å². The average Bonchev–Trinajstić information content (AvgIpc) is 2.57. The molecule has 0 saturated heterocycles. The van der Waals surface area contributed by atoms with Crippen molar-refractivity contribution in [2.75, 3.05) is 27.7 Å². The Bertz CT molecular complexity index is 445. The average molecular weight is 423 g/mol. The number of phosphoric ester groups is 1. The highest BCUT2D eigenvalue weighted by molar-refractivity contribution is 7.46. The third-order valence-electron chi connectivity index (χ3n) is 5.11. The number of phosphoric acid groups is 1. The molecule has 0 spiro atoms. The Hall–Kier alpha value is -0.230. The SMILES string of the molecule is CCCCCCCCCCCCCC=CC(O)C(COP(=O)(O)O)[N+](C)(C)C. The summed E-state index contributed by atoms with van der Waals surface area (Å²) in [5, 5.41) is 10.4. The summed E-state index contributed by atoms with van der Waals surface area (Å²) in [4.78, 5) is 17.8. The van der Waals surface area contributed by atoms with E-state index in [0.29, 0.717) is 4.48 Å². The number of hydrogen-bond donors (Lipinski definition) is 3. The molecular formula is C21H45NO5P+. The topological polar surface area (TPSA) is 87.0 Å². The summed E-state index contributed by atoms with van der Waals surface area (Å²) in [6, 6.07) is -0.443. The molecule has 0 amide bonds. The molecular weight excluding hydrogens is 377 g/mol. The normalized spacial score (nSPS) is 15.2. The Morgan fingerprint density at radius 1 is 0.893 bits per heavy atom. The maximum Gasteiger partial charge on any atom is 0.469 e. The molecule has 0 rings (SSSR count). The van der Waals surface area contributed by atoms with Gasteiger partial charge in [0.1, 0.15) is 18.8 Å². The van der Waals surface area contributed by atoms with Crippen molar-refractivity contribution in [1.29, 1.82) is 0 Å². The van der Waals surface area contributed by atoms with Gasteiger partial charge in [-0.2, -0.15) is 0 Å². The van der Waals surface area contributed by atoms with E-state index in [1.807, 2.05) is 27.2 Å². The summed E-state index contributed by atoms with van der Waals surface area (Å²) < 4.78 is 15.9. The highest BCUT2D eigenvalue weighted by atomic mass is 31.2. The van der Waals surface area contributed by atoms with E-state index in [-0.39, 0.29) is 6.61 Å². The molecule has 7 heteroatoms. The lowest BCUT2D eigenvalue weighted by atomic mass is 10.0. The van der Waals surface area contributed by atoms with Gasteiger partial charge in [-0.15, -0.1) is 0 Å². The van der Waals surface area contributed by atoms with Crippen molar-refractivity contribution in [3.63, 3.8) is 0 Å². The zero-order valence-corrected chi connectivity index (χ0v) is 19.4. The minimum atomic E-state index is -4.53. The monoisotopic (exact) mass is 422 g/mol. The molecule has 0 fully saturated rings. The number of quaternary nitrogens is 1. The number of allylic oxidation sites excluding steroid dienone is 1. The minimum absolute atomic E-state index is 0.197. The second kappa shape index (κ2) is 15.6. The van der Waals surface area contributed by atoms with Gasteiger partial charge in [-0.3, -0.25) is 4.52 Å². The zero-order valence-electron chi connectivity index (χ0n) is 18.6. The number of likely N-dealkylation sites (N-methyl/N-ethyl adjacent to an activating group) is 1. The fraction of sp³-hybridized carbons (Fsp3) is 0.905. The number of rotatable bonds is 18. The van der Waals surface area contributed by atoms with Crippen LogP contribution in [0.2, 0.25) is 0 Å². The summed E-state index contributed by atoms with van der Waals surface area (Å²) in [5.41, 5.74) is 0. The summed E-state index contributed by atoms with van der Waals surface area (Å²) in [6.07, 6.45) is 18.2. The van der Waals surface area contributed by atoms with Crippen molar-refractivity contribution >= 4 is 7.82 Å². The number of aliphatic hydroxyl groups is 1. The first-order valence-corrected chi connectivity index (χ1v) is 12.5. The molecule has 2 unspecified atom stereocenters. The van der Waals surface area contributed by atoms with Gasteiger partial charge in [0.2, 0.25) is 0 Å². The lowest BCUT2D eigenvalue weighted by Crippen LogP contribution is -2.53. The zero-order chi connectivity index (χ0) is 21.5. The highest BCUT2D eigenvalue weighted by Gasteiger charge is 2.32. The summed E-state index contributed by atoms with van der Waals surface area (Å²) in [6.45, 7) is 2.05. The second-order valence-corrected chi connectivity index (χ2v) is 9.95. The highest BCUT2D eigenvalue weighted by Crippen LogP contribution is 2.36. The predicted molar refractivity (Wildman–Crippen MR) is 116 cm³/mol. The van der Waals surface area contributed by atoms with E-state index >= 15 is 0 Å². The quantitative estimate of drug-likeness (QED) is 0.128. The molecule has 2 atom stereocenters. The van der Waals surface area contributed by atoms with E-state index in [4.69, 9.17) is 9.79 Å². The van der Waals surface area contributed by atoms with Gasteiger partial charge < -0.3 is 19.4 Å². The van der Waals surface area contributed by atoms with Crippen LogP contribution in [-0.2, 0) is 9.09 Å². The van der Waals surface area contributed by atoms with Crippen molar-refractivity contribution in [2.24, 2.45) is 0 Å². The summed E-state index contributed by atoms with van der Waals surface area (Å²) in [5.74, 6) is 0. The fourth-order valence-electron chi connectivity index (χ4n) is 3.24. The van der Waals surface area contributed by atoms with E-state index in [2.05, 4.69) is 11.4 Å². The maximum absolute atomic E-state index is 10.9. The molecule has 0 aliphatic rings. The van der Waals surface area contributed by atoms with Crippen LogP contribution in [0.3, 0.4) is 0 Å². The van der Waals surface area contributed by atoms with Crippen LogP contribution in [-0.4, -0.2) is 59.3 Å².